The van der Waals surface area contributed by atoms with Crippen LogP contribution in [0, 0.1) is 11.2 Å². The Labute approximate surface area is 126 Å². The number of rotatable bonds is 5. The van der Waals surface area contributed by atoms with Crippen LogP contribution in [0.15, 0.2) is 18.2 Å². The van der Waals surface area contributed by atoms with E-state index in [0.717, 1.165) is 6.07 Å². The minimum Gasteiger partial charge on any atom is -0.393 e. The molecule has 0 spiro atoms. The Kier molecular flexibility index (Phi) is 5.56. The van der Waals surface area contributed by atoms with Crippen molar-refractivity contribution >= 4 is 5.91 Å². The molecule has 22 heavy (non-hydrogen) atoms. The zero-order valence-corrected chi connectivity index (χ0v) is 12.6. The van der Waals surface area contributed by atoms with Crippen molar-refractivity contribution in [3.8, 4) is 0 Å². The largest absolute Gasteiger partial charge is 0.419 e. The Bertz CT molecular complexity index is 539. The summed E-state index contributed by atoms with van der Waals surface area (Å²) in [6.45, 7) is 5.41. The first kappa shape index (κ1) is 18.4. The molecule has 0 aliphatic rings. The van der Waals surface area contributed by atoms with Gasteiger partial charge in [0.2, 0.25) is 0 Å². The van der Waals surface area contributed by atoms with Gasteiger partial charge >= 0.3 is 6.18 Å². The molecular weight excluding hydrogens is 302 g/mol. The number of carbonyl (C=O) groups excluding carboxylic acids is 1. The van der Waals surface area contributed by atoms with Crippen LogP contribution in [-0.2, 0) is 6.18 Å². The predicted octanol–water partition coefficient (Wildman–Crippen LogP) is 3.37. The molecule has 1 aromatic rings. The van der Waals surface area contributed by atoms with Gasteiger partial charge < -0.3 is 10.4 Å². The van der Waals surface area contributed by atoms with E-state index in [-0.39, 0.29) is 12.1 Å². The summed E-state index contributed by atoms with van der Waals surface area (Å²) in [4.78, 5) is 11.9. The molecule has 3 nitrogen and oxygen atoms in total. The Morgan fingerprint density at radius 2 is 1.91 bits per heavy atom. The van der Waals surface area contributed by atoms with Gasteiger partial charge in [0.15, 0.2) is 0 Å². The van der Waals surface area contributed by atoms with Crippen molar-refractivity contribution in [2.24, 2.45) is 5.41 Å². The third-order valence-corrected chi connectivity index (χ3v) is 3.11. The molecule has 124 valence electrons. The first-order valence-electron chi connectivity index (χ1n) is 6.75. The summed E-state index contributed by atoms with van der Waals surface area (Å²) in [6.07, 6.45) is -4.99. The normalized spacial score (nSPS) is 13.8. The van der Waals surface area contributed by atoms with Gasteiger partial charge in [-0.1, -0.05) is 13.8 Å². The van der Waals surface area contributed by atoms with Gasteiger partial charge in [-0.05, 0) is 37.0 Å². The summed E-state index contributed by atoms with van der Waals surface area (Å²) >= 11 is 0. The van der Waals surface area contributed by atoms with Gasteiger partial charge in [-0.25, -0.2) is 4.39 Å². The monoisotopic (exact) mass is 321 g/mol. The molecule has 0 saturated heterocycles. The molecule has 0 aromatic heterocycles. The van der Waals surface area contributed by atoms with Crippen molar-refractivity contribution in [3.63, 3.8) is 0 Å². The number of hydrogen-bond acceptors (Lipinski definition) is 2. The van der Waals surface area contributed by atoms with E-state index in [0.29, 0.717) is 18.6 Å². The van der Waals surface area contributed by atoms with Crippen LogP contribution in [0.1, 0.15) is 43.1 Å². The van der Waals surface area contributed by atoms with Crippen LogP contribution in [-0.4, -0.2) is 23.7 Å². The van der Waals surface area contributed by atoms with Crippen molar-refractivity contribution in [2.45, 2.75) is 39.5 Å². The molecular formula is C15H19F4NO2. The van der Waals surface area contributed by atoms with E-state index in [4.69, 9.17) is 0 Å². The second-order valence-electron chi connectivity index (χ2n) is 6.09. The molecule has 1 amide bonds. The zero-order valence-electron chi connectivity index (χ0n) is 12.6. The standard InChI is InChI=1S/C15H19F4NO2/c1-9(21)7-14(2,3)8-20-13(22)10-4-5-12(16)11(6-10)15(17,18)19/h4-6,9,21H,7-8H2,1-3H3,(H,20,22). The fraction of sp³-hybridized carbons (Fsp3) is 0.533. The maximum Gasteiger partial charge on any atom is 0.419 e. The van der Waals surface area contributed by atoms with E-state index >= 15 is 0 Å². The number of aliphatic hydroxyl groups excluding tert-OH is 1. The van der Waals surface area contributed by atoms with E-state index in [1.807, 2.05) is 13.8 Å². The molecule has 0 aliphatic heterocycles. The highest BCUT2D eigenvalue weighted by Crippen LogP contribution is 2.32. The van der Waals surface area contributed by atoms with Gasteiger partial charge in [0.05, 0.1) is 11.7 Å². The third-order valence-electron chi connectivity index (χ3n) is 3.11. The number of halogens is 4. The minimum absolute atomic E-state index is 0.176. The molecule has 0 aliphatic carbocycles. The lowest BCUT2D eigenvalue weighted by atomic mass is 9.87. The van der Waals surface area contributed by atoms with E-state index in [1.165, 1.54) is 0 Å². The van der Waals surface area contributed by atoms with Crippen molar-refractivity contribution in [1.29, 1.82) is 0 Å². The lowest BCUT2D eigenvalue weighted by Crippen LogP contribution is -2.35. The number of amides is 1. The van der Waals surface area contributed by atoms with Gasteiger partial charge in [0, 0.05) is 12.1 Å². The Morgan fingerprint density at radius 1 is 1.32 bits per heavy atom. The number of alkyl halides is 3. The summed E-state index contributed by atoms with van der Waals surface area (Å²) in [7, 11) is 0. The summed E-state index contributed by atoms with van der Waals surface area (Å²) in [6, 6.07) is 2.12. The number of hydrogen-bond donors (Lipinski definition) is 2. The fourth-order valence-electron chi connectivity index (χ4n) is 2.18. The Hall–Kier alpha value is -1.63. The zero-order chi connectivity index (χ0) is 17.1. The lowest BCUT2D eigenvalue weighted by molar-refractivity contribution is -0.140. The van der Waals surface area contributed by atoms with Crippen LogP contribution >= 0.6 is 0 Å². The van der Waals surface area contributed by atoms with Gasteiger partial charge in [-0.3, -0.25) is 4.79 Å². The van der Waals surface area contributed by atoms with E-state index in [1.54, 1.807) is 6.92 Å². The molecule has 0 radical (unpaired) electrons. The summed E-state index contributed by atoms with van der Waals surface area (Å²) in [5, 5.41) is 11.9. The van der Waals surface area contributed by atoms with E-state index < -0.39 is 35.0 Å². The molecule has 1 unspecified atom stereocenters. The number of nitrogens with one attached hydrogen (secondary N) is 1. The van der Waals surface area contributed by atoms with Gasteiger partial charge in [0.1, 0.15) is 5.82 Å². The van der Waals surface area contributed by atoms with E-state index in [9.17, 15) is 27.5 Å². The fourth-order valence-corrected chi connectivity index (χ4v) is 2.18. The molecule has 0 heterocycles. The van der Waals surface area contributed by atoms with Crippen LogP contribution in [0.5, 0.6) is 0 Å². The van der Waals surface area contributed by atoms with Crippen molar-refractivity contribution in [2.75, 3.05) is 6.54 Å². The highest BCUT2D eigenvalue weighted by atomic mass is 19.4. The van der Waals surface area contributed by atoms with Gasteiger partial charge in [0.25, 0.3) is 5.91 Å². The second kappa shape index (κ2) is 6.64. The lowest BCUT2D eigenvalue weighted by Gasteiger charge is -2.26. The smallest absolute Gasteiger partial charge is 0.393 e. The van der Waals surface area contributed by atoms with Gasteiger partial charge in [-0.15, -0.1) is 0 Å². The molecule has 1 atom stereocenters. The second-order valence-corrected chi connectivity index (χ2v) is 6.09. The maximum atomic E-state index is 13.2. The molecule has 0 saturated carbocycles. The molecule has 7 heteroatoms. The van der Waals surface area contributed by atoms with Crippen LogP contribution < -0.4 is 5.32 Å². The summed E-state index contributed by atoms with van der Waals surface area (Å²) in [5.74, 6) is -2.14. The first-order chi connectivity index (χ1) is 9.92. The van der Waals surface area contributed by atoms with Crippen LogP contribution in [0.2, 0.25) is 0 Å². The quantitative estimate of drug-likeness (QED) is 0.817. The van der Waals surface area contributed by atoms with Crippen LogP contribution in [0.4, 0.5) is 17.6 Å². The maximum absolute atomic E-state index is 13.2. The molecule has 2 N–H and O–H groups in total. The average molecular weight is 321 g/mol. The van der Waals surface area contributed by atoms with Crippen LogP contribution in [0.25, 0.3) is 0 Å². The molecule has 1 rings (SSSR count). The minimum atomic E-state index is -4.86. The topological polar surface area (TPSA) is 49.3 Å². The molecule has 0 fully saturated rings. The highest BCUT2D eigenvalue weighted by Gasteiger charge is 2.34. The summed E-state index contributed by atoms with van der Waals surface area (Å²) in [5.41, 5.74) is -2.15. The van der Waals surface area contributed by atoms with Gasteiger partial charge in [-0.2, -0.15) is 13.2 Å². The predicted molar refractivity (Wildman–Crippen MR) is 73.8 cm³/mol. The third kappa shape index (κ3) is 5.29. The average Bonchev–Trinajstić information content (AvgIpc) is 2.33. The number of aliphatic hydroxyl groups is 1. The summed E-state index contributed by atoms with van der Waals surface area (Å²) < 4.78 is 51.0. The number of benzene rings is 1. The first-order valence-corrected chi connectivity index (χ1v) is 6.75. The SMILES string of the molecule is CC(O)CC(C)(C)CNC(=O)c1ccc(F)c(C(F)(F)F)c1. The van der Waals surface area contributed by atoms with Crippen molar-refractivity contribution in [3.05, 3.63) is 35.1 Å². The highest BCUT2D eigenvalue weighted by molar-refractivity contribution is 5.94. The van der Waals surface area contributed by atoms with Crippen molar-refractivity contribution < 1.29 is 27.5 Å². The number of carbonyl (C=O) groups is 1. The van der Waals surface area contributed by atoms with E-state index in [2.05, 4.69) is 5.32 Å². The Morgan fingerprint density at radius 3 is 2.41 bits per heavy atom. The molecule has 0 bridgehead atoms. The van der Waals surface area contributed by atoms with Crippen LogP contribution in [0.3, 0.4) is 0 Å². The van der Waals surface area contributed by atoms with Crippen molar-refractivity contribution in [1.82, 2.24) is 5.32 Å². The molecule has 1 aromatic carbocycles. The Balaban J connectivity index is 2.83.